The maximum absolute atomic E-state index is 9.95. The van der Waals surface area contributed by atoms with Gasteiger partial charge in [0.2, 0.25) is 11.9 Å². The van der Waals surface area contributed by atoms with Crippen molar-refractivity contribution in [1.29, 1.82) is 0 Å². The van der Waals surface area contributed by atoms with Gasteiger partial charge in [-0.15, -0.1) is 10.2 Å². The molecule has 3 aromatic rings. The average Bonchev–Trinajstić information content (AvgIpc) is 2.45. The third-order valence-electron chi connectivity index (χ3n) is 2.85. The van der Waals surface area contributed by atoms with Crippen LogP contribution < -0.4 is 11.5 Å². The van der Waals surface area contributed by atoms with Crippen LogP contribution in [0.25, 0.3) is 10.8 Å². The van der Waals surface area contributed by atoms with Gasteiger partial charge in [-0.05, 0) is 29.7 Å². The largest absolute Gasteiger partial charge is 0.508 e. The Balaban J connectivity index is 2.09. The molecule has 0 aliphatic heterocycles. The van der Waals surface area contributed by atoms with E-state index in [9.17, 15) is 10.2 Å². The Kier molecular flexibility index (Phi) is 3.14. The molecule has 0 spiro atoms. The highest BCUT2D eigenvalue weighted by atomic mass is 16.3. The van der Waals surface area contributed by atoms with Gasteiger partial charge in [-0.2, -0.15) is 15.0 Å². The maximum Gasteiger partial charge on any atom is 0.275 e. The second-order valence-corrected chi connectivity index (χ2v) is 4.39. The molecule has 1 aromatic heterocycles. The number of nitrogen functional groups attached to an aromatic ring is 2. The predicted octanol–water partition coefficient (Wildman–Crippen LogP) is 2.02. The molecule has 0 saturated heterocycles. The van der Waals surface area contributed by atoms with Crippen molar-refractivity contribution < 1.29 is 10.2 Å². The first kappa shape index (κ1) is 13.5. The number of aromatic hydroxyl groups is 2. The molecule has 0 unspecified atom stereocenters. The first-order valence-corrected chi connectivity index (χ1v) is 6.16. The van der Waals surface area contributed by atoms with Crippen LogP contribution in [0, 0.1) is 0 Å². The Morgan fingerprint density at radius 2 is 1.59 bits per heavy atom. The van der Waals surface area contributed by atoms with Crippen LogP contribution in [-0.4, -0.2) is 25.2 Å². The summed E-state index contributed by atoms with van der Waals surface area (Å²) in [5.41, 5.74) is 11.1. The summed E-state index contributed by atoms with van der Waals surface area (Å²) in [4.78, 5) is 11.2. The molecule has 9 heteroatoms. The van der Waals surface area contributed by atoms with Crippen LogP contribution >= 0.6 is 0 Å². The minimum absolute atomic E-state index is 0.0693. The summed E-state index contributed by atoms with van der Waals surface area (Å²) < 4.78 is 0. The van der Waals surface area contributed by atoms with Crippen molar-refractivity contribution in [2.45, 2.75) is 0 Å². The topological polar surface area (TPSA) is 156 Å². The van der Waals surface area contributed by atoms with Gasteiger partial charge in [0.25, 0.3) is 5.95 Å². The van der Waals surface area contributed by atoms with Gasteiger partial charge in [-0.3, -0.25) is 0 Å². The molecule has 0 bridgehead atoms. The highest BCUT2D eigenvalue weighted by Crippen LogP contribution is 2.37. The molecule has 0 saturated carbocycles. The van der Waals surface area contributed by atoms with E-state index in [1.807, 2.05) is 0 Å². The number of fused-ring (bicyclic) bond motifs is 1. The lowest BCUT2D eigenvalue weighted by molar-refractivity contribution is 0.474. The number of nitrogens with zero attached hydrogens (tertiary/aromatic N) is 5. The van der Waals surface area contributed by atoms with Crippen LogP contribution in [-0.2, 0) is 0 Å². The van der Waals surface area contributed by atoms with Gasteiger partial charge >= 0.3 is 0 Å². The zero-order valence-corrected chi connectivity index (χ0v) is 11.2. The molecule has 0 aliphatic rings. The monoisotopic (exact) mass is 297 g/mol. The minimum atomic E-state index is -0.0755. The zero-order chi connectivity index (χ0) is 15.7. The molecular formula is C13H11N7O2. The molecule has 6 N–H and O–H groups in total. The predicted molar refractivity (Wildman–Crippen MR) is 80.1 cm³/mol. The van der Waals surface area contributed by atoms with Crippen LogP contribution in [0.15, 0.2) is 40.6 Å². The smallest absolute Gasteiger partial charge is 0.275 e. The van der Waals surface area contributed by atoms with Crippen molar-refractivity contribution >= 4 is 34.3 Å². The van der Waals surface area contributed by atoms with E-state index in [1.54, 1.807) is 18.2 Å². The van der Waals surface area contributed by atoms with Gasteiger partial charge in [0.05, 0.1) is 0 Å². The van der Waals surface area contributed by atoms with Crippen molar-refractivity contribution in [3.05, 3.63) is 30.3 Å². The van der Waals surface area contributed by atoms with Gasteiger partial charge in [-0.1, -0.05) is 6.07 Å². The first-order chi connectivity index (χ1) is 10.5. The molecule has 3 rings (SSSR count). The fraction of sp³-hybridized carbons (Fsp3) is 0. The first-order valence-electron chi connectivity index (χ1n) is 6.16. The second kappa shape index (κ2) is 5.13. The van der Waals surface area contributed by atoms with E-state index in [4.69, 9.17) is 11.5 Å². The van der Waals surface area contributed by atoms with Gasteiger partial charge < -0.3 is 21.7 Å². The lowest BCUT2D eigenvalue weighted by atomic mass is 10.1. The summed E-state index contributed by atoms with van der Waals surface area (Å²) in [6, 6.07) is 7.76. The van der Waals surface area contributed by atoms with E-state index in [2.05, 4.69) is 25.2 Å². The summed E-state index contributed by atoms with van der Waals surface area (Å²) in [6.45, 7) is 0. The lowest BCUT2D eigenvalue weighted by Crippen LogP contribution is -2.01. The Labute approximate surface area is 124 Å². The molecule has 0 radical (unpaired) electrons. The van der Waals surface area contributed by atoms with Crippen LogP contribution in [0.3, 0.4) is 0 Å². The summed E-state index contributed by atoms with van der Waals surface area (Å²) in [7, 11) is 0. The molecule has 0 aliphatic carbocycles. The molecule has 1 heterocycles. The van der Waals surface area contributed by atoms with E-state index >= 15 is 0 Å². The van der Waals surface area contributed by atoms with E-state index in [0.717, 1.165) is 0 Å². The number of aromatic nitrogens is 3. The Morgan fingerprint density at radius 1 is 0.864 bits per heavy atom. The standard InChI is InChI=1S/C13H11N7O2/c14-11-16-12(15)18-13(17-11)20-19-10-8-3-2-7(21)5-6(8)1-4-9(10)22/h1-5,21-22H,(H4,14,15,16,17,18)/b20-19+. The Morgan fingerprint density at radius 3 is 2.32 bits per heavy atom. The van der Waals surface area contributed by atoms with Crippen molar-refractivity contribution in [2.24, 2.45) is 10.2 Å². The number of azo groups is 1. The molecule has 0 amide bonds. The van der Waals surface area contributed by atoms with Gasteiger partial charge in [0.15, 0.2) is 0 Å². The average molecular weight is 297 g/mol. The fourth-order valence-corrected chi connectivity index (χ4v) is 1.93. The summed E-state index contributed by atoms with van der Waals surface area (Å²) in [6.07, 6.45) is 0. The van der Waals surface area contributed by atoms with Crippen LogP contribution in [0.2, 0.25) is 0 Å². The quantitative estimate of drug-likeness (QED) is 0.527. The number of hydrogen-bond acceptors (Lipinski definition) is 9. The minimum Gasteiger partial charge on any atom is -0.508 e. The van der Waals surface area contributed by atoms with Crippen molar-refractivity contribution in [3.63, 3.8) is 0 Å². The normalized spacial score (nSPS) is 11.3. The van der Waals surface area contributed by atoms with E-state index in [1.165, 1.54) is 12.1 Å². The van der Waals surface area contributed by atoms with Crippen LogP contribution in [0.4, 0.5) is 23.5 Å². The summed E-state index contributed by atoms with van der Waals surface area (Å²) in [5.74, 6) is -0.182. The van der Waals surface area contributed by atoms with Crippen LogP contribution in [0.5, 0.6) is 11.5 Å². The SMILES string of the molecule is Nc1nc(N)nc(/N=N/c2c(O)ccc3cc(O)ccc23)n1. The van der Waals surface area contributed by atoms with Gasteiger partial charge in [0, 0.05) is 5.39 Å². The molecule has 2 aromatic carbocycles. The number of rotatable bonds is 2. The molecule has 9 nitrogen and oxygen atoms in total. The van der Waals surface area contributed by atoms with E-state index < -0.39 is 0 Å². The van der Waals surface area contributed by atoms with Crippen molar-refractivity contribution in [3.8, 4) is 11.5 Å². The number of hydrogen-bond donors (Lipinski definition) is 4. The highest BCUT2D eigenvalue weighted by molar-refractivity contribution is 5.95. The number of nitrogens with two attached hydrogens (primary N) is 2. The molecule has 0 atom stereocenters. The van der Waals surface area contributed by atoms with Crippen LogP contribution in [0.1, 0.15) is 0 Å². The number of benzene rings is 2. The van der Waals surface area contributed by atoms with Crippen molar-refractivity contribution in [1.82, 2.24) is 15.0 Å². The lowest BCUT2D eigenvalue weighted by Gasteiger charge is -2.04. The number of phenols is 2. The fourth-order valence-electron chi connectivity index (χ4n) is 1.93. The third-order valence-corrected chi connectivity index (χ3v) is 2.85. The molecular weight excluding hydrogens is 286 g/mol. The van der Waals surface area contributed by atoms with Gasteiger partial charge in [0.1, 0.15) is 17.2 Å². The van der Waals surface area contributed by atoms with Gasteiger partial charge in [-0.25, -0.2) is 0 Å². The number of anilines is 2. The summed E-state index contributed by atoms with van der Waals surface area (Å²) >= 11 is 0. The highest BCUT2D eigenvalue weighted by Gasteiger charge is 2.08. The Bertz CT molecular complexity index is 875. The van der Waals surface area contributed by atoms with E-state index in [-0.39, 0.29) is 35.0 Å². The molecule has 22 heavy (non-hydrogen) atoms. The molecule has 110 valence electrons. The second-order valence-electron chi connectivity index (χ2n) is 4.39. The summed E-state index contributed by atoms with van der Waals surface area (Å²) in [5, 5.41) is 28.5. The maximum atomic E-state index is 9.95. The Hall–Kier alpha value is -3.49. The van der Waals surface area contributed by atoms with E-state index in [0.29, 0.717) is 10.8 Å². The third kappa shape index (κ3) is 2.54. The molecule has 0 fully saturated rings. The zero-order valence-electron chi connectivity index (χ0n) is 11.2. The number of phenolic OH excluding ortho intramolecular Hbond substituents is 2. The van der Waals surface area contributed by atoms with Crippen molar-refractivity contribution in [2.75, 3.05) is 11.5 Å².